The van der Waals surface area contributed by atoms with Crippen molar-refractivity contribution in [1.82, 2.24) is 0 Å². The van der Waals surface area contributed by atoms with E-state index in [1.807, 2.05) is 54.6 Å². The summed E-state index contributed by atoms with van der Waals surface area (Å²) in [5.41, 5.74) is 1.23. The number of carbonyl (C=O) groups excluding carboxylic acids is 1. The largest absolute Gasteiger partial charge is 0.453 e. The number of rotatable bonds is 6. The van der Waals surface area contributed by atoms with Gasteiger partial charge in [-0.2, -0.15) is 5.26 Å². The van der Waals surface area contributed by atoms with Crippen LogP contribution in [0.1, 0.15) is 19.4 Å². The SMILES string of the molecule is CC(C)(OC(=O)C=CC(C#N)=Cc1ccccc1)Oc1ccccc1. The van der Waals surface area contributed by atoms with Crippen LogP contribution in [0, 0.1) is 11.3 Å². The van der Waals surface area contributed by atoms with Gasteiger partial charge in [-0.15, -0.1) is 0 Å². The van der Waals surface area contributed by atoms with Crippen molar-refractivity contribution in [3.8, 4) is 11.8 Å². The Labute approximate surface area is 147 Å². The molecule has 0 atom stereocenters. The zero-order valence-corrected chi connectivity index (χ0v) is 14.2. The first kappa shape index (κ1) is 18.0. The maximum Gasteiger partial charge on any atom is 0.334 e. The van der Waals surface area contributed by atoms with Gasteiger partial charge in [0.15, 0.2) is 0 Å². The Bertz CT molecular complexity index is 800. The Morgan fingerprint density at radius 1 is 1.00 bits per heavy atom. The number of allylic oxidation sites excluding steroid dienone is 2. The summed E-state index contributed by atoms with van der Waals surface area (Å²) in [5.74, 6) is -1.11. The predicted molar refractivity (Wildman–Crippen MR) is 96.4 cm³/mol. The molecule has 0 fully saturated rings. The number of nitrogens with zero attached hydrogens (tertiary/aromatic N) is 1. The molecule has 0 N–H and O–H groups in total. The maximum absolute atomic E-state index is 12.0. The van der Waals surface area contributed by atoms with E-state index in [1.54, 1.807) is 32.1 Å². The van der Waals surface area contributed by atoms with Gasteiger partial charge < -0.3 is 9.47 Å². The molecule has 2 aromatic carbocycles. The molecule has 0 bridgehead atoms. The second kappa shape index (κ2) is 8.51. The summed E-state index contributed by atoms with van der Waals surface area (Å²) in [6.45, 7) is 3.30. The highest BCUT2D eigenvalue weighted by atomic mass is 16.7. The summed E-state index contributed by atoms with van der Waals surface area (Å²) in [5, 5.41) is 9.18. The lowest BCUT2D eigenvalue weighted by Gasteiger charge is -2.25. The van der Waals surface area contributed by atoms with Gasteiger partial charge in [-0.25, -0.2) is 4.79 Å². The number of ether oxygens (including phenoxy) is 2. The maximum atomic E-state index is 12.0. The molecule has 0 saturated heterocycles. The van der Waals surface area contributed by atoms with Crippen LogP contribution in [-0.2, 0) is 9.53 Å². The van der Waals surface area contributed by atoms with Gasteiger partial charge in [0.1, 0.15) is 5.75 Å². The average Bonchev–Trinajstić information content (AvgIpc) is 2.59. The van der Waals surface area contributed by atoms with Gasteiger partial charge in [0.25, 0.3) is 0 Å². The van der Waals surface area contributed by atoms with E-state index in [1.165, 1.54) is 12.2 Å². The Balaban J connectivity index is 1.99. The Morgan fingerprint density at radius 2 is 1.60 bits per heavy atom. The minimum atomic E-state index is -1.13. The molecule has 0 aliphatic rings. The van der Waals surface area contributed by atoms with Crippen LogP contribution in [-0.4, -0.2) is 11.8 Å². The Hall–Kier alpha value is -3.32. The van der Waals surface area contributed by atoms with Crippen LogP contribution in [0.2, 0.25) is 0 Å². The van der Waals surface area contributed by atoms with Crippen molar-refractivity contribution in [3.05, 3.63) is 84.0 Å². The molecule has 4 nitrogen and oxygen atoms in total. The number of para-hydroxylation sites is 1. The molecule has 4 heteroatoms. The van der Waals surface area contributed by atoms with Gasteiger partial charge in [0.2, 0.25) is 5.79 Å². The first-order valence-electron chi connectivity index (χ1n) is 7.80. The predicted octanol–water partition coefficient (Wildman–Crippen LogP) is 4.51. The highest BCUT2D eigenvalue weighted by molar-refractivity contribution is 5.83. The quantitative estimate of drug-likeness (QED) is 0.257. The van der Waals surface area contributed by atoms with E-state index in [0.29, 0.717) is 11.3 Å². The molecule has 0 spiro atoms. The molecule has 25 heavy (non-hydrogen) atoms. The lowest BCUT2D eigenvalue weighted by Crippen LogP contribution is -2.34. The van der Waals surface area contributed by atoms with Gasteiger partial charge in [-0.1, -0.05) is 48.5 Å². The van der Waals surface area contributed by atoms with Crippen molar-refractivity contribution in [2.45, 2.75) is 19.6 Å². The van der Waals surface area contributed by atoms with Gasteiger partial charge in [-0.05, 0) is 29.8 Å². The monoisotopic (exact) mass is 333 g/mol. The van der Waals surface area contributed by atoms with Crippen molar-refractivity contribution in [3.63, 3.8) is 0 Å². The van der Waals surface area contributed by atoms with Crippen molar-refractivity contribution < 1.29 is 14.3 Å². The number of benzene rings is 2. The number of nitriles is 1. The smallest absolute Gasteiger partial charge is 0.334 e. The molecule has 0 saturated carbocycles. The van der Waals surface area contributed by atoms with Crippen LogP contribution in [0.25, 0.3) is 6.08 Å². The van der Waals surface area contributed by atoms with Crippen LogP contribution < -0.4 is 4.74 Å². The first-order valence-corrected chi connectivity index (χ1v) is 7.80. The van der Waals surface area contributed by atoms with Crippen molar-refractivity contribution in [2.75, 3.05) is 0 Å². The van der Waals surface area contributed by atoms with Crippen LogP contribution in [0.5, 0.6) is 5.75 Å². The molecule has 0 heterocycles. The molecular formula is C21H19NO3. The second-order valence-electron chi connectivity index (χ2n) is 5.69. The molecule has 2 rings (SSSR count). The molecule has 0 radical (unpaired) electrons. The number of hydrogen-bond donors (Lipinski definition) is 0. The lowest BCUT2D eigenvalue weighted by molar-refractivity contribution is -0.180. The summed E-state index contributed by atoms with van der Waals surface area (Å²) in [6, 6.07) is 20.5. The van der Waals surface area contributed by atoms with Crippen LogP contribution >= 0.6 is 0 Å². The fourth-order valence-electron chi connectivity index (χ4n) is 2.07. The van der Waals surface area contributed by atoms with E-state index in [9.17, 15) is 10.1 Å². The number of esters is 1. The zero-order chi connectivity index (χ0) is 18.1. The van der Waals surface area contributed by atoms with Gasteiger partial charge in [0, 0.05) is 19.9 Å². The van der Waals surface area contributed by atoms with E-state index >= 15 is 0 Å². The van der Waals surface area contributed by atoms with E-state index in [2.05, 4.69) is 0 Å². The third-order valence-corrected chi connectivity index (χ3v) is 3.10. The fraction of sp³-hybridized carbons (Fsp3) is 0.143. The average molecular weight is 333 g/mol. The normalized spacial score (nSPS) is 11.8. The Morgan fingerprint density at radius 3 is 2.20 bits per heavy atom. The second-order valence-corrected chi connectivity index (χ2v) is 5.69. The molecule has 0 aliphatic carbocycles. The highest BCUT2D eigenvalue weighted by Gasteiger charge is 2.23. The number of hydrogen-bond acceptors (Lipinski definition) is 4. The minimum Gasteiger partial charge on any atom is -0.453 e. The third-order valence-electron chi connectivity index (χ3n) is 3.10. The lowest BCUT2D eigenvalue weighted by atomic mass is 10.1. The molecule has 126 valence electrons. The summed E-state index contributed by atoms with van der Waals surface area (Å²) >= 11 is 0. The van der Waals surface area contributed by atoms with E-state index in [0.717, 1.165) is 5.56 Å². The summed E-state index contributed by atoms with van der Waals surface area (Å²) in [4.78, 5) is 12.0. The third kappa shape index (κ3) is 6.36. The van der Waals surface area contributed by atoms with E-state index in [4.69, 9.17) is 9.47 Å². The summed E-state index contributed by atoms with van der Waals surface area (Å²) in [6.07, 6.45) is 4.33. The van der Waals surface area contributed by atoms with Gasteiger partial charge in [-0.3, -0.25) is 0 Å². The number of carbonyl (C=O) groups is 1. The first-order chi connectivity index (χ1) is 12.0. The van der Waals surface area contributed by atoms with Crippen molar-refractivity contribution in [1.29, 1.82) is 5.26 Å². The molecule has 0 amide bonds. The Kier molecular flexibility index (Phi) is 6.14. The molecule has 0 unspecified atom stereocenters. The topological polar surface area (TPSA) is 59.3 Å². The van der Waals surface area contributed by atoms with Crippen LogP contribution in [0.15, 0.2) is 78.4 Å². The molecule has 0 aliphatic heterocycles. The van der Waals surface area contributed by atoms with Gasteiger partial charge in [0.05, 0.1) is 11.6 Å². The summed E-state index contributed by atoms with van der Waals surface area (Å²) in [7, 11) is 0. The molecule has 0 aromatic heterocycles. The fourth-order valence-corrected chi connectivity index (χ4v) is 2.07. The van der Waals surface area contributed by atoms with Crippen molar-refractivity contribution >= 4 is 12.0 Å². The van der Waals surface area contributed by atoms with Crippen LogP contribution in [0.4, 0.5) is 0 Å². The highest BCUT2D eigenvalue weighted by Crippen LogP contribution is 2.19. The van der Waals surface area contributed by atoms with Crippen molar-refractivity contribution in [2.24, 2.45) is 0 Å². The van der Waals surface area contributed by atoms with E-state index < -0.39 is 11.8 Å². The van der Waals surface area contributed by atoms with Gasteiger partial charge >= 0.3 is 5.97 Å². The molecular weight excluding hydrogens is 314 g/mol. The van der Waals surface area contributed by atoms with Crippen LogP contribution in [0.3, 0.4) is 0 Å². The zero-order valence-electron chi connectivity index (χ0n) is 14.2. The van der Waals surface area contributed by atoms with E-state index in [-0.39, 0.29) is 0 Å². The standard InChI is InChI=1S/C21H19NO3/c1-21(2,24-19-11-7-4-8-12-19)25-20(23)14-13-18(16-22)15-17-9-5-3-6-10-17/h3-15H,1-2H3. The molecule has 2 aromatic rings. The minimum absolute atomic E-state index is 0.352. The summed E-state index contributed by atoms with van der Waals surface area (Å²) < 4.78 is 10.9.